The molecule has 186 valence electrons. The Kier molecular flexibility index (Phi) is 5.88. The Hall–Kier alpha value is -4.18. The van der Waals surface area contributed by atoms with Gasteiger partial charge < -0.3 is 9.30 Å². The van der Waals surface area contributed by atoms with Crippen molar-refractivity contribution >= 4 is 22.7 Å². The molecule has 0 radical (unpaired) electrons. The van der Waals surface area contributed by atoms with Crippen LogP contribution in [0.5, 0.6) is 0 Å². The molecule has 0 bridgehead atoms. The monoisotopic (exact) mass is 491 g/mol. The Morgan fingerprint density at radius 1 is 1.14 bits per heavy atom. The zero-order valence-corrected chi connectivity index (χ0v) is 21.1. The van der Waals surface area contributed by atoms with Gasteiger partial charge in [-0.2, -0.15) is 5.26 Å². The van der Waals surface area contributed by atoms with Gasteiger partial charge >= 0.3 is 6.09 Å². The first-order chi connectivity index (χ1) is 18.0. The third-order valence-corrected chi connectivity index (χ3v) is 7.69. The van der Waals surface area contributed by atoms with E-state index in [9.17, 15) is 10.1 Å². The molecule has 4 aromatic rings. The molecule has 0 spiro atoms. The average molecular weight is 492 g/mol. The number of hydrogen-bond donors (Lipinski definition) is 1. The van der Waals surface area contributed by atoms with E-state index in [-0.39, 0.29) is 6.10 Å². The Balaban J connectivity index is 1.41. The van der Waals surface area contributed by atoms with E-state index >= 15 is 0 Å². The Labute approximate surface area is 216 Å². The lowest BCUT2D eigenvalue weighted by atomic mass is 9.91. The molecule has 2 heterocycles. The number of aromatic nitrogens is 3. The molecule has 37 heavy (non-hydrogen) atoms. The van der Waals surface area contributed by atoms with Crippen molar-refractivity contribution in [2.75, 3.05) is 5.32 Å². The van der Waals surface area contributed by atoms with E-state index in [0.29, 0.717) is 29.0 Å². The third-order valence-electron chi connectivity index (χ3n) is 7.69. The molecule has 2 saturated carbocycles. The predicted octanol–water partition coefficient (Wildman–Crippen LogP) is 7.02. The van der Waals surface area contributed by atoms with E-state index in [0.717, 1.165) is 59.0 Å². The zero-order chi connectivity index (χ0) is 25.5. The van der Waals surface area contributed by atoms with Crippen LogP contribution in [0.1, 0.15) is 56.2 Å². The maximum absolute atomic E-state index is 12.4. The molecule has 7 heteroatoms. The van der Waals surface area contributed by atoms with Crippen molar-refractivity contribution in [1.29, 1.82) is 5.26 Å². The van der Waals surface area contributed by atoms with Gasteiger partial charge in [0.1, 0.15) is 12.2 Å². The number of nitrogens with zero attached hydrogens (tertiary/aromatic N) is 4. The van der Waals surface area contributed by atoms with Crippen LogP contribution in [0.4, 0.5) is 10.5 Å². The molecule has 1 atom stereocenters. The molecule has 0 aliphatic heterocycles. The number of nitrogens with one attached hydrogen (secondary N) is 1. The predicted molar refractivity (Wildman–Crippen MR) is 143 cm³/mol. The highest BCUT2D eigenvalue weighted by atomic mass is 16.6. The second-order valence-electron chi connectivity index (χ2n) is 10.2. The van der Waals surface area contributed by atoms with Crippen LogP contribution >= 0.6 is 0 Å². The van der Waals surface area contributed by atoms with Gasteiger partial charge in [-0.05, 0) is 81.7 Å². The van der Waals surface area contributed by atoms with Crippen LogP contribution in [0.3, 0.4) is 0 Å². The number of anilines is 1. The number of rotatable bonds is 6. The van der Waals surface area contributed by atoms with Crippen molar-refractivity contribution in [3.63, 3.8) is 0 Å². The summed E-state index contributed by atoms with van der Waals surface area (Å²) in [4.78, 5) is 21.2. The summed E-state index contributed by atoms with van der Waals surface area (Å²) in [6, 6.07) is 16.6. The first-order valence-corrected chi connectivity index (χ1v) is 13.0. The molecular weight excluding hydrogens is 462 g/mol. The van der Waals surface area contributed by atoms with Crippen LogP contribution in [0, 0.1) is 24.2 Å². The summed E-state index contributed by atoms with van der Waals surface area (Å²) in [5.74, 6) is 1.15. The summed E-state index contributed by atoms with van der Waals surface area (Å²) in [5.41, 5.74) is 6.22. The fraction of sp³-hybridized carbons (Fsp3) is 0.333. The maximum Gasteiger partial charge on any atom is 0.411 e. The highest BCUT2D eigenvalue weighted by Crippen LogP contribution is 2.44. The number of nitriles is 1. The van der Waals surface area contributed by atoms with Crippen molar-refractivity contribution in [3.8, 4) is 28.7 Å². The van der Waals surface area contributed by atoms with Crippen molar-refractivity contribution < 1.29 is 9.53 Å². The van der Waals surface area contributed by atoms with Gasteiger partial charge in [-0.1, -0.05) is 18.2 Å². The normalized spacial score (nSPS) is 16.1. The first kappa shape index (κ1) is 23.2. The second-order valence-corrected chi connectivity index (χ2v) is 10.2. The summed E-state index contributed by atoms with van der Waals surface area (Å²) < 4.78 is 7.86. The molecule has 2 fully saturated rings. The number of carbonyl (C=O) groups excluding carboxylic acids is 1. The molecule has 1 N–H and O–H groups in total. The van der Waals surface area contributed by atoms with Crippen LogP contribution in [0.15, 0.2) is 54.9 Å². The van der Waals surface area contributed by atoms with Gasteiger partial charge in [-0.15, -0.1) is 0 Å². The van der Waals surface area contributed by atoms with Gasteiger partial charge in [-0.3, -0.25) is 5.32 Å². The van der Waals surface area contributed by atoms with E-state index in [1.807, 2.05) is 44.2 Å². The Morgan fingerprint density at radius 2 is 1.92 bits per heavy atom. The number of hydrogen-bond acceptors (Lipinski definition) is 5. The minimum Gasteiger partial charge on any atom is -0.446 e. The van der Waals surface area contributed by atoms with Gasteiger partial charge in [0.25, 0.3) is 0 Å². The molecule has 6 rings (SSSR count). The minimum atomic E-state index is -0.427. The van der Waals surface area contributed by atoms with E-state index < -0.39 is 6.09 Å². The number of ether oxygens (including phenoxy) is 1. The SMILES string of the molecule is Cc1cc(NC(=O)O[C@H](C)C2CC2)ccc1-c1c(C#N)c2ccc(-c3ncccn3)cc2n1C1CCC1. The molecule has 0 saturated heterocycles. The van der Waals surface area contributed by atoms with Gasteiger partial charge in [0.15, 0.2) is 5.82 Å². The molecule has 2 aliphatic carbocycles. The quantitative estimate of drug-likeness (QED) is 0.313. The summed E-state index contributed by atoms with van der Waals surface area (Å²) in [6.07, 6.45) is 8.57. The van der Waals surface area contributed by atoms with E-state index in [4.69, 9.17) is 4.74 Å². The second kappa shape index (κ2) is 9.36. The lowest BCUT2D eigenvalue weighted by molar-refractivity contribution is 0.108. The van der Waals surface area contributed by atoms with Gasteiger partial charge in [-0.25, -0.2) is 14.8 Å². The summed E-state index contributed by atoms with van der Waals surface area (Å²) in [5, 5.41) is 14.1. The van der Waals surface area contributed by atoms with Crippen molar-refractivity contribution in [1.82, 2.24) is 14.5 Å². The molecule has 0 unspecified atom stereocenters. The highest BCUT2D eigenvalue weighted by Gasteiger charge is 2.31. The first-order valence-electron chi connectivity index (χ1n) is 13.0. The molecular formula is C30H29N5O2. The molecule has 7 nitrogen and oxygen atoms in total. The van der Waals surface area contributed by atoms with Crippen molar-refractivity contribution in [3.05, 3.63) is 66.0 Å². The van der Waals surface area contributed by atoms with Gasteiger partial charge in [0.05, 0.1) is 16.8 Å². The van der Waals surface area contributed by atoms with E-state index in [2.05, 4.69) is 32.0 Å². The Morgan fingerprint density at radius 3 is 2.57 bits per heavy atom. The summed E-state index contributed by atoms with van der Waals surface area (Å²) in [7, 11) is 0. The Bertz CT molecular complexity index is 1530. The number of aryl methyl sites for hydroxylation is 1. The molecule has 2 aliphatic rings. The number of fused-ring (bicyclic) bond motifs is 1. The lowest BCUT2D eigenvalue weighted by Gasteiger charge is -2.30. The van der Waals surface area contributed by atoms with E-state index in [1.54, 1.807) is 18.5 Å². The fourth-order valence-electron chi connectivity index (χ4n) is 5.28. The van der Waals surface area contributed by atoms with Crippen LogP contribution in [0.2, 0.25) is 0 Å². The molecule has 1 amide bonds. The largest absolute Gasteiger partial charge is 0.446 e. The minimum absolute atomic E-state index is 0.0667. The smallest absolute Gasteiger partial charge is 0.411 e. The van der Waals surface area contributed by atoms with E-state index in [1.165, 1.54) is 6.42 Å². The molecule has 2 aromatic heterocycles. The number of carbonyl (C=O) groups is 1. The van der Waals surface area contributed by atoms with Crippen LogP contribution < -0.4 is 5.32 Å². The fourth-order valence-corrected chi connectivity index (χ4v) is 5.28. The maximum atomic E-state index is 12.4. The zero-order valence-electron chi connectivity index (χ0n) is 21.1. The summed E-state index contributed by atoms with van der Waals surface area (Å²) in [6.45, 7) is 3.97. The summed E-state index contributed by atoms with van der Waals surface area (Å²) >= 11 is 0. The highest BCUT2D eigenvalue weighted by molar-refractivity contribution is 5.97. The average Bonchev–Trinajstić information content (AvgIpc) is 3.67. The standard InChI is InChI=1S/C30H29N5O2/c1-18-15-22(34-30(36)37-19(2)20-7-8-20)10-12-24(18)28-26(17-31)25-11-9-21(29-32-13-4-14-33-29)16-27(25)35(28)23-5-3-6-23/h4,9-16,19-20,23H,3,5-8H2,1-2H3,(H,34,36)/t19-/m1/s1. The van der Waals surface area contributed by atoms with Gasteiger partial charge in [0.2, 0.25) is 0 Å². The van der Waals surface area contributed by atoms with Gasteiger partial charge in [0, 0.05) is 40.6 Å². The third kappa shape index (κ3) is 4.33. The number of benzene rings is 2. The van der Waals surface area contributed by atoms with Crippen LogP contribution in [0.25, 0.3) is 33.5 Å². The molecule has 2 aromatic carbocycles. The van der Waals surface area contributed by atoms with Crippen molar-refractivity contribution in [2.24, 2.45) is 5.92 Å². The topological polar surface area (TPSA) is 92.8 Å². The van der Waals surface area contributed by atoms with Crippen LogP contribution in [-0.4, -0.2) is 26.7 Å². The number of amides is 1. The lowest BCUT2D eigenvalue weighted by Crippen LogP contribution is -2.21. The van der Waals surface area contributed by atoms with Crippen LogP contribution in [-0.2, 0) is 4.74 Å². The van der Waals surface area contributed by atoms with Crippen molar-refractivity contribution in [2.45, 2.75) is 58.1 Å².